The van der Waals surface area contributed by atoms with Gasteiger partial charge in [0.05, 0.1) is 0 Å². The molecule has 1 aliphatic rings. The second-order valence-electron chi connectivity index (χ2n) is 4.50. The average molecular weight is 235 g/mol. The molecule has 0 bridgehead atoms. The van der Waals surface area contributed by atoms with E-state index in [0.717, 1.165) is 45.0 Å². The van der Waals surface area contributed by atoms with Gasteiger partial charge in [0, 0.05) is 25.8 Å². The second kappa shape index (κ2) is 6.62. The van der Waals surface area contributed by atoms with Crippen molar-refractivity contribution >= 4 is 0 Å². The van der Waals surface area contributed by atoms with Crippen LogP contribution in [0.1, 0.15) is 18.4 Å². The number of ether oxygens (including phenoxy) is 2. The fourth-order valence-electron chi connectivity index (χ4n) is 1.97. The molecule has 94 valence electrons. The SMILES string of the molecule is Cc1ccc(OCCNC2CCOCC2)cc1. The fraction of sp³-hybridized carbons (Fsp3) is 0.571. The number of hydrogen-bond donors (Lipinski definition) is 1. The first kappa shape index (κ1) is 12.4. The van der Waals surface area contributed by atoms with Gasteiger partial charge in [-0.1, -0.05) is 17.7 Å². The minimum Gasteiger partial charge on any atom is -0.492 e. The molecule has 0 unspecified atom stereocenters. The summed E-state index contributed by atoms with van der Waals surface area (Å²) in [6, 6.07) is 8.78. The highest BCUT2D eigenvalue weighted by molar-refractivity contribution is 5.26. The maximum atomic E-state index is 5.66. The maximum Gasteiger partial charge on any atom is 0.119 e. The van der Waals surface area contributed by atoms with Crippen molar-refractivity contribution in [2.45, 2.75) is 25.8 Å². The molecular weight excluding hydrogens is 214 g/mol. The van der Waals surface area contributed by atoms with Crippen LogP contribution in [0.15, 0.2) is 24.3 Å². The standard InChI is InChI=1S/C14H21NO2/c1-12-2-4-14(5-3-12)17-11-8-15-13-6-9-16-10-7-13/h2-5,13,15H,6-11H2,1H3. The topological polar surface area (TPSA) is 30.5 Å². The van der Waals surface area contributed by atoms with E-state index >= 15 is 0 Å². The van der Waals surface area contributed by atoms with E-state index in [0.29, 0.717) is 6.04 Å². The minimum atomic E-state index is 0.602. The van der Waals surface area contributed by atoms with Crippen LogP contribution in [0, 0.1) is 6.92 Å². The summed E-state index contributed by atoms with van der Waals surface area (Å²) < 4.78 is 11.0. The van der Waals surface area contributed by atoms with E-state index in [9.17, 15) is 0 Å². The number of nitrogens with one attached hydrogen (secondary N) is 1. The number of aryl methyl sites for hydroxylation is 1. The molecule has 0 spiro atoms. The van der Waals surface area contributed by atoms with Crippen LogP contribution < -0.4 is 10.1 Å². The molecule has 2 rings (SSSR count). The Balaban J connectivity index is 1.60. The van der Waals surface area contributed by atoms with Crippen LogP contribution in [0.4, 0.5) is 0 Å². The summed E-state index contributed by atoms with van der Waals surface area (Å²) in [6.45, 7) is 5.47. The quantitative estimate of drug-likeness (QED) is 0.793. The lowest BCUT2D eigenvalue weighted by Gasteiger charge is -2.23. The highest BCUT2D eigenvalue weighted by Gasteiger charge is 2.12. The van der Waals surface area contributed by atoms with E-state index in [4.69, 9.17) is 9.47 Å². The first-order valence-electron chi connectivity index (χ1n) is 6.35. The number of hydrogen-bond acceptors (Lipinski definition) is 3. The molecule has 0 amide bonds. The summed E-state index contributed by atoms with van der Waals surface area (Å²) in [5.41, 5.74) is 1.26. The maximum absolute atomic E-state index is 5.66. The van der Waals surface area contributed by atoms with Gasteiger partial charge in [0.15, 0.2) is 0 Å². The van der Waals surface area contributed by atoms with Crippen LogP contribution in [0.3, 0.4) is 0 Å². The molecule has 3 heteroatoms. The molecule has 17 heavy (non-hydrogen) atoms. The summed E-state index contributed by atoms with van der Waals surface area (Å²) in [5.74, 6) is 0.948. The fourth-order valence-corrected chi connectivity index (χ4v) is 1.97. The van der Waals surface area contributed by atoms with Gasteiger partial charge >= 0.3 is 0 Å². The summed E-state index contributed by atoms with van der Waals surface area (Å²) in [4.78, 5) is 0. The minimum absolute atomic E-state index is 0.602. The summed E-state index contributed by atoms with van der Waals surface area (Å²) in [6.07, 6.45) is 2.23. The number of benzene rings is 1. The largest absolute Gasteiger partial charge is 0.492 e. The highest BCUT2D eigenvalue weighted by Crippen LogP contribution is 2.11. The molecule has 1 aliphatic heterocycles. The van der Waals surface area contributed by atoms with Gasteiger partial charge in [-0.05, 0) is 31.9 Å². The predicted octanol–water partition coefficient (Wildman–Crippen LogP) is 2.14. The lowest BCUT2D eigenvalue weighted by molar-refractivity contribution is 0.0770. The summed E-state index contributed by atoms with van der Waals surface area (Å²) >= 11 is 0. The molecule has 1 aromatic rings. The third kappa shape index (κ3) is 4.36. The average Bonchev–Trinajstić information content (AvgIpc) is 2.38. The van der Waals surface area contributed by atoms with Gasteiger partial charge in [0.1, 0.15) is 12.4 Å². The van der Waals surface area contributed by atoms with Crippen molar-refractivity contribution in [3.05, 3.63) is 29.8 Å². The van der Waals surface area contributed by atoms with Gasteiger partial charge in [-0.15, -0.1) is 0 Å². The zero-order valence-electron chi connectivity index (χ0n) is 10.4. The first-order chi connectivity index (χ1) is 8.34. The molecule has 0 radical (unpaired) electrons. The molecule has 0 aliphatic carbocycles. The molecule has 0 aromatic heterocycles. The van der Waals surface area contributed by atoms with Crippen LogP contribution in [-0.2, 0) is 4.74 Å². The Labute approximate surface area is 103 Å². The normalized spacial score (nSPS) is 17.0. The summed E-state index contributed by atoms with van der Waals surface area (Å²) in [7, 11) is 0. The summed E-state index contributed by atoms with van der Waals surface area (Å²) in [5, 5.41) is 3.50. The van der Waals surface area contributed by atoms with E-state index in [-0.39, 0.29) is 0 Å². The van der Waals surface area contributed by atoms with E-state index < -0.39 is 0 Å². The van der Waals surface area contributed by atoms with Crippen molar-refractivity contribution in [2.75, 3.05) is 26.4 Å². The van der Waals surface area contributed by atoms with Crippen LogP contribution >= 0.6 is 0 Å². The molecule has 0 atom stereocenters. The number of rotatable bonds is 5. The van der Waals surface area contributed by atoms with Gasteiger partial charge in [-0.3, -0.25) is 0 Å². The van der Waals surface area contributed by atoms with Crippen LogP contribution in [0.25, 0.3) is 0 Å². The van der Waals surface area contributed by atoms with Gasteiger partial charge in [0.2, 0.25) is 0 Å². The Morgan fingerprint density at radius 3 is 2.65 bits per heavy atom. The van der Waals surface area contributed by atoms with Gasteiger partial charge in [-0.25, -0.2) is 0 Å². The van der Waals surface area contributed by atoms with E-state index in [2.05, 4.69) is 24.4 Å². The molecule has 1 saturated heterocycles. The Hall–Kier alpha value is -1.06. The molecular formula is C14H21NO2. The van der Waals surface area contributed by atoms with Crippen molar-refractivity contribution < 1.29 is 9.47 Å². The Morgan fingerprint density at radius 2 is 1.94 bits per heavy atom. The molecule has 1 fully saturated rings. The highest BCUT2D eigenvalue weighted by atomic mass is 16.5. The Bertz CT molecular complexity index is 317. The molecule has 3 nitrogen and oxygen atoms in total. The van der Waals surface area contributed by atoms with Crippen LogP contribution in [0.5, 0.6) is 5.75 Å². The van der Waals surface area contributed by atoms with Crippen molar-refractivity contribution in [3.8, 4) is 5.75 Å². The van der Waals surface area contributed by atoms with E-state index in [1.54, 1.807) is 0 Å². The van der Waals surface area contributed by atoms with Crippen molar-refractivity contribution in [1.82, 2.24) is 5.32 Å². The van der Waals surface area contributed by atoms with Gasteiger partial charge in [0.25, 0.3) is 0 Å². The lowest BCUT2D eigenvalue weighted by Crippen LogP contribution is -2.37. The Kier molecular flexibility index (Phi) is 4.83. The molecule has 0 saturated carbocycles. The second-order valence-corrected chi connectivity index (χ2v) is 4.50. The zero-order chi connectivity index (χ0) is 11.9. The van der Waals surface area contributed by atoms with Crippen LogP contribution in [0.2, 0.25) is 0 Å². The first-order valence-corrected chi connectivity index (χ1v) is 6.35. The lowest BCUT2D eigenvalue weighted by atomic mass is 10.1. The smallest absolute Gasteiger partial charge is 0.119 e. The van der Waals surface area contributed by atoms with Crippen molar-refractivity contribution in [2.24, 2.45) is 0 Å². The van der Waals surface area contributed by atoms with Crippen LogP contribution in [-0.4, -0.2) is 32.4 Å². The molecule has 1 heterocycles. The van der Waals surface area contributed by atoms with Gasteiger partial charge in [-0.2, -0.15) is 0 Å². The zero-order valence-corrected chi connectivity index (χ0v) is 10.4. The third-order valence-corrected chi connectivity index (χ3v) is 3.05. The predicted molar refractivity (Wildman–Crippen MR) is 68.5 cm³/mol. The Morgan fingerprint density at radius 1 is 1.24 bits per heavy atom. The monoisotopic (exact) mass is 235 g/mol. The molecule has 1 aromatic carbocycles. The third-order valence-electron chi connectivity index (χ3n) is 3.05. The van der Waals surface area contributed by atoms with Crippen molar-refractivity contribution in [1.29, 1.82) is 0 Å². The van der Waals surface area contributed by atoms with Gasteiger partial charge < -0.3 is 14.8 Å². The van der Waals surface area contributed by atoms with Crippen molar-refractivity contribution in [3.63, 3.8) is 0 Å². The molecule has 1 N–H and O–H groups in total. The van der Waals surface area contributed by atoms with E-state index in [1.807, 2.05) is 12.1 Å². The van der Waals surface area contributed by atoms with E-state index in [1.165, 1.54) is 5.56 Å².